The Labute approximate surface area is 201 Å². The Morgan fingerprint density at radius 1 is 1.14 bits per heavy atom. The van der Waals surface area contributed by atoms with Crippen LogP contribution in [0.25, 0.3) is 0 Å². The van der Waals surface area contributed by atoms with Crippen molar-refractivity contribution < 1.29 is 55.6 Å². The third kappa shape index (κ3) is 8.70. The molecule has 0 bridgehead atoms. The van der Waals surface area contributed by atoms with Crippen LogP contribution in [-0.4, -0.2) is 50.2 Å². The minimum atomic E-state index is -5.67. The molecule has 1 aliphatic rings. The van der Waals surface area contributed by atoms with Crippen molar-refractivity contribution in [1.29, 1.82) is 0 Å². The summed E-state index contributed by atoms with van der Waals surface area (Å²) in [6.07, 6.45) is 0.762. The lowest BCUT2D eigenvalue weighted by atomic mass is 10.2. The fourth-order valence-electron chi connectivity index (χ4n) is 2.50. The first-order valence-electron chi connectivity index (χ1n) is 9.79. The average Bonchev–Trinajstić information content (AvgIpc) is 2.98. The largest absolute Gasteiger partial charge is 0.490 e. The predicted octanol–water partition coefficient (Wildman–Crippen LogP) is 1.97. The fourth-order valence-corrected chi connectivity index (χ4v) is 6.70. The van der Waals surface area contributed by atoms with Crippen LogP contribution in [0.3, 0.4) is 0 Å². The molecule has 1 aromatic heterocycles. The first-order chi connectivity index (χ1) is 15.6. The average molecular weight is 579 g/mol. The second kappa shape index (κ2) is 10.3. The van der Waals surface area contributed by atoms with Gasteiger partial charge in [-0.3, -0.25) is 9.09 Å². The van der Waals surface area contributed by atoms with E-state index in [1.165, 1.54) is 18.3 Å². The molecule has 0 saturated heterocycles. The van der Waals surface area contributed by atoms with E-state index in [-0.39, 0.29) is 16.6 Å². The van der Waals surface area contributed by atoms with E-state index in [2.05, 4.69) is 18.1 Å². The number of aromatic nitrogens is 2. The van der Waals surface area contributed by atoms with Gasteiger partial charge in [0.2, 0.25) is 6.23 Å². The van der Waals surface area contributed by atoms with Gasteiger partial charge in [0.15, 0.2) is 8.32 Å². The first-order valence-corrected chi connectivity index (χ1v) is 17.2. The monoisotopic (exact) mass is 579 g/mol. The number of hydrogen-bond donors (Lipinski definition) is 5. The molecule has 20 heteroatoms. The highest BCUT2D eigenvalue weighted by Crippen LogP contribution is 2.66. The summed E-state index contributed by atoms with van der Waals surface area (Å²) in [6.45, 7) is 9.05. The minimum absolute atomic E-state index is 0.0213. The van der Waals surface area contributed by atoms with E-state index >= 15 is 0 Å². The summed E-state index contributed by atoms with van der Waals surface area (Å²) in [5.41, 5.74) is 4.78. The highest BCUT2D eigenvalue weighted by molar-refractivity contribution is 7.66. The molecule has 2 heterocycles. The molecule has 1 aliphatic heterocycles. The van der Waals surface area contributed by atoms with Gasteiger partial charge in [-0.1, -0.05) is 20.8 Å². The maximum atomic E-state index is 12.4. The normalized spacial score (nSPS) is 22.7. The molecule has 2 unspecified atom stereocenters. The van der Waals surface area contributed by atoms with Gasteiger partial charge < -0.3 is 34.5 Å². The smallest absolute Gasteiger partial charge is 0.469 e. The minimum Gasteiger partial charge on any atom is -0.469 e. The maximum absolute atomic E-state index is 12.4. The van der Waals surface area contributed by atoms with Crippen LogP contribution in [0, 0.1) is 0 Å². The van der Waals surface area contributed by atoms with Gasteiger partial charge in [-0.25, -0.2) is 18.5 Å². The van der Waals surface area contributed by atoms with Crippen molar-refractivity contribution in [3.63, 3.8) is 0 Å². The van der Waals surface area contributed by atoms with Gasteiger partial charge in [-0.2, -0.15) is 13.6 Å². The Balaban J connectivity index is 2.25. The third-order valence-corrected chi connectivity index (χ3v) is 13.3. The lowest BCUT2D eigenvalue weighted by molar-refractivity contribution is -0.00544. The maximum Gasteiger partial charge on any atom is 0.490 e. The fraction of sp³-hybridized carbons (Fsp3) is 0.600. The molecule has 16 nitrogen and oxygen atoms in total. The summed E-state index contributed by atoms with van der Waals surface area (Å²) in [5, 5.41) is -0.231. The van der Waals surface area contributed by atoms with Crippen LogP contribution in [0.5, 0.6) is 0 Å². The Hall–Kier alpha value is -1.19. The van der Waals surface area contributed by atoms with E-state index < -0.39 is 56.4 Å². The topological polar surface area (TPSA) is 239 Å². The summed E-state index contributed by atoms with van der Waals surface area (Å²) < 4.78 is 59.3. The molecule has 0 aromatic carbocycles. The molecule has 35 heavy (non-hydrogen) atoms. The number of phosphoric ester groups is 1. The summed E-state index contributed by atoms with van der Waals surface area (Å²) in [5.74, 6) is -0.129. The lowest BCUT2D eigenvalue weighted by Gasteiger charge is -2.39. The van der Waals surface area contributed by atoms with Crippen molar-refractivity contribution in [2.45, 2.75) is 51.2 Å². The van der Waals surface area contributed by atoms with Crippen LogP contribution in [0.1, 0.15) is 27.0 Å². The molecular weight excluding hydrogens is 551 g/mol. The van der Waals surface area contributed by atoms with Crippen LogP contribution >= 0.6 is 23.5 Å². The Morgan fingerprint density at radius 3 is 2.26 bits per heavy atom. The molecule has 0 fully saturated rings. The Bertz CT molecular complexity index is 1170. The van der Waals surface area contributed by atoms with Crippen molar-refractivity contribution in [3.8, 4) is 0 Å². The molecule has 0 saturated carbocycles. The molecule has 2 rings (SSSR count). The molecular formula is C15H28N3O13P3Si. The molecule has 0 radical (unpaired) electrons. The molecule has 0 aliphatic carbocycles. The SMILES string of the molecule is CC(C)(C)[Si](C)(C)O[C@@H]1C=C(COP(=O)(O)OP(=O)(O)OP(=O)(O)O)O[C@H]1n1ccc(N)nc1=O. The van der Waals surface area contributed by atoms with Crippen molar-refractivity contribution >= 4 is 37.6 Å². The van der Waals surface area contributed by atoms with Crippen molar-refractivity contribution in [2.24, 2.45) is 0 Å². The van der Waals surface area contributed by atoms with Crippen LogP contribution in [0.15, 0.2) is 28.9 Å². The van der Waals surface area contributed by atoms with Gasteiger partial charge in [-0.05, 0) is 30.3 Å². The van der Waals surface area contributed by atoms with Gasteiger partial charge in [0.25, 0.3) is 0 Å². The van der Waals surface area contributed by atoms with E-state index in [0.29, 0.717) is 0 Å². The first kappa shape index (κ1) is 30.0. The van der Waals surface area contributed by atoms with Crippen LogP contribution < -0.4 is 11.4 Å². The summed E-state index contributed by atoms with van der Waals surface area (Å²) in [7, 11) is -19.0. The van der Waals surface area contributed by atoms with E-state index in [4.69, 9.17) is 24.7 Å². The number of rotatable bonds is 10. The zero-order valence-corrected chi connectivity index (χ0v) is 23.1. The number of ether oxygens (including phenoxy) is 1. The number of nitrogens with two attached hydrogens (primary N) is 1. The number of nitrogens with zero attached hydrogens (tertiary/aromatic N) is 2. The highest BCUT2D eigenvalue weighted by Gasteiger charge is 2.44. The third-order valence-electron chi connectivity index (χ3n) is 5.05. The van der Waals surface area contributed by atoms with Crippen LogP contribution in [0.4, 0.5) is 5.82 Å². The van der Waals surface area contributed by atoms with E-state index in [0.717, 1.165) is 4.57 Å². The predicted molar refractivity (Wildman–Crippen MR) is 123 cm³/mol. The summed E-state index contributed by atoms with van der Waals surface area (Å²) in [6, 6.07) is 1.36. The van der Waals surface area contributed by atoms with E-state index in [1.54, 1.807) is 0 Å². The molecule has 0 amide bonds. The Morgan fingerprint density at radius 2 is 1.74 bits per heavy atom. The molecule has 0 spiro atoms. The van der Waals surface area contributed by atoms with Gasteiger partial charge in [0, 0.05) is 6.20 Å². The van der Waals surface area contributed by atoms with Crippen LogP contribution in [0.2, 0.25) is 18.1 Å². The van der Waals surface area contributed by atoms with Crippen molar-refractivity contribution in [3.05, 3.63) is 34.6 Å². The quantitative estimate of drug-likeness (QED) is 0.197. The van der Waals surface area contributed by atoms with Crippen LogP contribution in [-0.2, 0) is 36.0 Å². The van der Waals surface area contributed by atoms with E-state index in [1.807, 2.05) is 33.9 Å². The zero-order valence-electron chi connectivity index (χ0n) is 19.4. The Kier molecular flexibility index (Phi) is 8.83. The van der Waals surface area contributed by atoms with Gasteiger partial charge >= 0.3 is 29.2 Å². The van der Waals surface area contributed by atoms with Gasteiger partial charge in [0.05, 0.1) is 0 Å². The van der Waals surface area contributed by atoms with Gasteiger partial charge in [0.1, 0.15) is 24.3 Å². The molecule has 1 aromatic rings. The zero-order chi connectivity index (χ0) is 27.0. The summed E-state index contributed by atoms with van der Waals surface area (Å²) >= 11 is 0. The lowest BCUT2D eigenvalue weighted by Crippen LogP contribution is -2.46. The van der Waals surface area contributed by atoms with Crippen molar-refractivity contribution in [1.82, 2.24) is 9.55 Å². The number of nitrogen functional groups attached to an aromatic ring is 1. The standard InChI is InChI=1S/C15H28N3O13P3Si/c1-15(2,3)35(4,5)29-11-8-10(28-13(11)18-7-6-12(16)17-14(18)19)9-27-33(23,24)31-34(25,26)30-32(20,21)22/h6-8,11,13H,9H2,1-5H3,(H,23,24)(H,25,26)(H2,16,17,19)(H2,20,21,22)/t11-,13-/m1/s1. The van der Waals surface area contributed by atoms with Gasteiger partial charge in [-0.15, -0.1) is 0 Å². The van der Waals surface area contributed by atoms with Crippen molar-refractivity contribution in [2.75, 3.05) is 12.3 Å². The highest BCUT2D eigenvalue weighted by atomic mass is 31.3. The second-order valence-electron chi connectivity index (χ2n) is 8.89. The number of hydrogen-bond acceptors (Lipinski definition) is 11. The molecule has 6 N–H and O–H groups in total. The molecule has 200 valence electrons. The number of anilines is 1. The second-order valence-corrected chi connectivity index (χ2v) is 18.1. The van der Waals surface area contributed by atoms with E-state index in [9.17, 15) is 28.3 Å². The number of phosphoric acid groups is 3. The summed E-state index contributed by atoms with van der Waals surface area (Å²) in [4.78, 5) is 52.2. The molecule has 4 atom stereocenters.